The molecule has 0 bridgehead atoms. The number of hydrogen-bond acceptors (Lipinski definition) is 3. The third-order valence-electron chi connectivity index (χ3n) is 1.64. The van der Waals surface area contributed by atoms with Gasteiger partial charge in [0.05, 0.1) is 17.5 Å². The van der Waals surface area contributed by atoms with Crippen LogP contribution in [-0.2, 0) is 4.79 Å². The fourth-order valence-electron chi connectivity index (χ4n) is 1.08. The zero-order valence-corrected chi connectivity index (χ0v) is 11.7. The van der Waals surface area contributed by atoms with E-state index in [1.165, 1.54) is 0 Å². The van der Waals surface area contributed by atoms with Gasteiger partial charge in [0.25, 0.3) is 0 Å². The second-order valence-corrected chi connectivity index (χ2v) is 4.16. The number of hydrogen-bond donors (Lipinski definition) is 2. The number of nitrogens with zero attached hydrogens (tertiary/aromatic N) is 1. The fraction of sp³-hybridized carbons (Fsp3) is 0.833. The van der Waals surface area contributed by atoms with Gasteiger partial charge in [-0.15, -0.1) is 35.8 Å². The summed E-state index contributed by atoms with van der Waals surface area (Å²) in [5.41, 5.74) is -0.302. The van der Waals surface area contributed by atoms with Crippen LogP contribution < -0.4 is 34.9 Å². The van der Waals surface area contributed by atoms with Crippen molar-refractivity contribution < 1.29 is 35.8 Å². The molecule has 0 amide bonds. The molecule has 1 aliphatic rings. The van der Waals surface area contributed by atoms with Crippen molar-refractivity contribution in [2.75, 3.05) is 19.6 Å². The van der Waals surface area contributed by atoms with Gasteiger partial charge in [-0.25, -0.2) is 0 Å². The van der Waals surface area contributed by atoms with E-state index in [1.54, 1.807) is 4.90 Å². The molecule has 13 heavy (non-hydrogen) atoms. The molecule has 0 radical (unpaired) electrons. The Morgan fingerprint density at radius 1 is 1.69 bits per heavy atom. The number of piperazine rings is 1. The summed E-state index contributed by atoms with van der Waals surface area (Å²) in [5, 5.41) is 2.80. The number of alkyl halides is 2. The molecule has 0 aromatic rings. The largest absolute Gasteiger partial charge is 1.00 e. The van der Waals surface area contributed by atoms with Crippen molar-refractivity contribution in [2.45, 2.75) is 11.0 Å². The van der Waals surface area contributed by atoms with Gasteiger partial charge < -0.3 is 1.43 Å². The van der Waals surface area contributed by atoms with E-state index in [2.05, 4.69) is 17.9 Å². The topological polar surface area (TPSA) is 32.3 Å². The first kappa shape index (κ1) is 14.5. The summed E-state index contributed by atoms with van der Waals surface area (Å²) >= 11 is 15.4. The van der Waals surface area contributed by atoms with Crippen LogP contribution in [0.15, 0.2) is 0 Å². The Hall–Kier alpha value is 1.52. The molecule has 1 heterocycles. The van der Waals surface area contributed by atoms with E-state index in [1.807, 2.05) is 0 Å². The summed E-state index contributed by atoms with van der Waals surface area (Å²) in [6.45, 7) is 1.42. The summed E-state index contributed by atoms with van der Waals surface area (Å²) in [5.74, 6) is 0. The summed E-state index contributed by atoms with van der Waals surface area (Å²) in [4.78, 5) is 12.5. The Bertz CT molecular complexity index is 191. The Balaban J connectivity index is 0. The minimum atomic E-state index is -0.189. The van der Waals surface area contributed by atoms with Gasteiger partial charge in [0.1, 0.15) is 0 Å². The molecule has 0 spiro atoms. The molecular weight excluding hydrogens is 242 g/mol. The van der Waals surface area contributed by atoms with Gasteiger partial charge >= 0.3 is 29.6 Å². The number of carbonyl (C=O) groups excluding carboxylic acids is 1. The summed E-state index contributed by atoms with van der Waals surface area (Å²) in [6.07, 6.45) is 0. The van der Waals surface area contributed by atoms with E-state index in [0.29, 0.717) is 13.1 Å². The minimum absolute atomic E-state index is 0. The third kappa shape index (κ3) is 5.23. The molecule has 3 nitrogen and oxygen atoms in total. The van der Waals surface area contributed by atoms with Crippen molar-refractivity contribution in [3.05, 3.63) is 0 Å². The van der Waals surface area contributed by atoms with Crippen LogP contribution in [0.4, 0.5) is 0 Å². The standard InChI is InChI=1S/C6H10Cl2N2OS.Na.H/c7-4-2-10(3-6(11)12)5(8)1-9-4;;/h4-5,9H,1-3H2,(H,11,12);;/q;+1;-1. The predicted molar refractivity (Wildman–Crippen MR) is 54.0 cm³/mol. The van der Waals surface area contributed by atoms with Crippen LogP contribution in [0, 0.1) is 0 Å². The van der Waals surface area contributed by atoms with Crippen LogP contribution in [-0.4, -0.2) is 40.7 Å². The molecule has 7 heteroatoms. The van der Waals surface area contributed by atoms with Crippen LogP contribution in [0.25, 0.3) is 0 Å². The van der Waals surface area contributed by atoms with Crippen molar-refractivity contribution in [3.63, 3.8) is 0 Å². The van der Waals surface area contributed by atoms with Crippen molar-refractivity contribution in [1.82, 2.24) is 10.2 Å². The summed E-state index contributed by atoms with van der Waals surface area (Å²) in [6, 6.07) is 0. The van der Waals surface area contributed by atoms with Crippen molar-refractivity contribution in [1.29, 1.82) is 0 Å². The zero-order valence-electron chi connectivity index (χ0n) is 8.33. The molecule has 1 aliphatic heterocycles. The first-order valence-electron chi connectivity index (χ1n) is 3.57. The molecule has 2 unspecified atom stereocenters. The molecule has 0 saturated carbocycles. The predicted octanol–water partition coefficient (Wildman–Crippen LogP) is -2.41. The van der Waals surface area contributed by atoms with E-state index < -0.39 is 0 Å². The Labute approximate surface area is 117 Å². The van der Waals surface area contributed by atoms with E-state index in [9.17, 15) is 4.79 Å². The first-order valence-corrected chi connectivity index (χ1v) is 4.89. The molecule has 72 valence electrons. The molecule has 0 aromatic heterocycles. The molecule has 2 atom stereocenters. The Morgan fingerprint density at radius 3 is 2.85 bits per heavy atom. The van der Waals surface area contributed by atoms with E-state index in [4.69, 9.17) is 23.2 Å². The van der Waals surface area contributed by atoms with Crippen molar-refractivity contribution in [2.24, 2.45) is 0 Å². The molecule has 0 aliphatic carbocycles. The van der Waals surface area contributed by atoms with Gasteiger partial charge in [-0.2, -0.15) is 0 Å². The quantitative estimate of drug-likeness (QED) is 0.249. The van der Waals surface area contributed by atoms with Gasteiger partial charge in [0, 0.05) is 13.1 Å². The minimum Gasteiger partial charge on any atom is -1.00 e. The monoisotopic (exact) mass is 252 g/mol. The van der Waals surface area contributed by atoms with Crippen LogP contribution in [0.3, 0.4) is 0 Å². The van der Waals surface area contributed by atoms with Gasteiger partial charge in [-0.3, -0.25) is 15.0 Å². The summed E-state index contributed by atoms with van der Waals surface area (Å²) < 4.78 is 0. The Morgan fingerprint density at radius 2 is 2.31 bits per heavy atom. The van der Waals surface area contributed by atoms with E-state index in [0.717, 1.165) is 0 Å². The molecular formula is C6H11Cl2N2NaOS. The van der Waals surface area contributed by atoms with E-state index >= 15 is 0 Å². The Kier molecular flexibility index (Phi) is 7.71. The second-order valence-electron chi connectivity index (χ2n) is 2.63. The number of halogens is 2. The van der Waals surface area contributed by atoms with Gasteiger partial charge in [-0.1, -0.05) is 0 Å². The van der Waals surface area contributed by atoms with E-state index in [-0.39, 0.29) is 53.6 Å². The van der Waals surface area contributed by atoms with Gasteiger partial charge in [0.2, 0.25) is 0 Å². The SMILES string of the molecule is O=C(S)CN1CC(Cl)NCC1Cl.[H-].[Na+]. The number of carbonyl (C=O) groups is 1. The first-order chi connectivity index (χ1) is 5.59. The molecule has 1 fully saturated rings. The normalized spacial score (nSPS) is 29.5. The summed E-state index contributed by atoms with van der Waals surface area (Å²) in [7, 11) is 0. The van der Waals surface area contributed by atoms with Crippen molar-refractivity contribution >= 4 is 40.9 Å². The number of thiol groups is 1. The molecule has 1 saturated heterocycles. The number of rotatable bonds is 2. The average molecular weight is 253 g/mol. The maximum Gasteiger partial charge on any atom is 1.00 e. The second kappa shape index (κ2) is 6.90. The zero-order chi connectivity index (χ0) is 9.14. The third-order valence-corrected chi connectivity index (χ3v) is 2.50. The van der Waals surface area contributed by atoms with Crippen LogP contribution in [0.5, 0.6) is 0 Å². The average Bonchev–Trinajstić information content (AvgIpc) is 1.96. The maximum atomic E-state index is 10.7. The number of nitrogens with one attached hydrogen (secondary N) is 1. The molecule has 1 N–H and O–H groups in total. The maximum absolute atomic E-state index is 10.7. The molecule has 0 aromatic carbocycles. The smallest absolute Gasteiger partial charge is 1.00 e. The fourth-order valence-corrected chi connectivity index (χ4v) is 1.76. The van der Waals surface area contributed by atoms with Crippen LogP contribution in [0.2, 0.25) is 0 Å². The van der Waals surface area contributed by atoms with Crippen LogP contribution >= 0.6 is 35.8 Å². The van der Waals surface area contributed by atoms with Gasteiger partial charge in [0.15, 0.2) is 5.12 Å². The van der Waals surface area contributed by atoms with Crippen LogP contribution in [0.1, 0.15) is 1.43 Å². The van der Waals surface area contributed by atoms with Gasteiger partial charge in [-0.05, 0) is 0 Å². The van der Waals surface area contributed by atoms with Crippen molar-refractivity contribution in [3.8, 4) is 0 Å². The molecule has 1 rings (SSSR count).